The molecule has 1 aromatic heterocycles. The average Bonchev–Trinajstić information content (AvgIpc) is 2.86. The van der Waals surface area contributed by atoms with Crippen molar-refractivity contribution < 1.29 is 12.8 Å². The van der Waals surface area contributed by atoms with Crippen LogP contribution in [0, 0.1) is 18.7 Å². The summed E-state index contributed by atoms with van der Waals surface area (Å²) in [6, 6.07) is 4.02. The zero-order valence-electron chi connectivity index (χ0n) is 12.9. The van der Waals surface area contributed by atoms with Gasteiger partial charge in [-0.1, -0.05) is 19.9 Å². The van der Waals surface area contributed by atoms with Crippen molar-refractivity contribution in [3.8, 4) is 0 Å². The molecule has 0 aliphatic rings. The van der Waals surface area contributed by atoms with Crippen molar-refractivity contribution in [2.75, 3.05) is 0 Å². The van der Waals surface area contributed by atoms with Gasteiger partial charge >= 0.3 is 0 Å². The highest BCUT2D eigenvalue weighted by Gasteiger charge is 2.19. The molecule has 1 heterocycles. The average molecular weight is 325 g/mol. The third-order valence-electron chi connectivity index (χ3n) is 3.29. The molecule has 0 aliphatic carbocycles. The molecule has 120 valence electrons. The summed E-state index contributed by atoms with van der Waals surface area (Å²) in [6.07, 6.45) is 3.45. The quantitative estimate of drug-likeness (QED) is 0.887. The van der Waals surface area contributed by atoms with E-state index < -0.39 is 15.8 Å². The summed E-state index contributed by atoms with van der Waals surface area (Å²) in [6.45, 7) is 6.42. The van der Waals surface area contributed by atoms with E-state index in [9.17, 15) is 12.8 Å². The van der Waals surface area contributed by atoms with E-state index in [-0.39, 0.29) is 17.0 Å². The highest BCUT2D eigenvalue weighted by molar-refractivity contribution is 7.89. The van der Waals surface area contributed by atoms with Crippen LogP contribution >= 0.6 is 0 Å². The normalized spacial score (nSPS) is 12.0. The summed E-state index contributed by atoms with van der Waals surface area (Å²) in [4.78, 5) is 4.12. The third kappa shape index (κ3) is 3.72. The molecule has 0 spiro atoms. The van der Waals surface area contributed by atoms with Gasteiger partial charge in [-0.15, -0.1) is 0 Å². The molecule has 0 saturated carbocycles. The molecule has 1 N–H and O–H groups in total. The van der Waals surface area contributed by atoms with Gasteiger partial charge in [0.05, 0.1) is 11.4 Å². The fourth-order valence-electron chi connectivity index (χ4n) is 2.18. The molecule has 5 nitrogen and oxygen atoms in total. The van der Waals surface area contributed by atoms with Crippen LogP contribution in [-0.4, -0.2) is 18.0 Å². The molecule has 0 radical (unpaired) electrons. The van der Waals surface area contributed by atoms with E-state index in [0.29, 0.717) is 11.7 Å². The topological polar surface area (TPSA) is 64.0 Å². The van der Waals surface area contributed by atoms with Crippen molar-refractivity contribution in [1.82, 2.24) is 14.3 Å². The molecule has 0 unspecified atom stereocenters. The Morgan fingerprint density at radius 3 is 2.77 bits per heavy atom. The lowest BCUT2D eigenvalue weighted by Gasteiger charge is -2.12. The maximum atomic E-state index is 13.5. The Morgan fingerprint density at radius 1 is 1.36 bits per heavy atom. The number of aromatic nitrogens is 2. The highest BCUT2D eigenvalue weighted by Crippen LogP contribution is 2.17. The predicted octanol–water partition coefficient (Wildman–Crippen LogP) is 2.47. The van der Waals surface area contributed by atoms with Crippen LogP contribution in [0.25, 0.3) is 0 Å². The standard InChI is InChI=1S/C15H20FN3O2S/c1-11(2)10-19-8-7-17-15(19)9-18-22(20,21)14-6-4-5-13(16)12(14)3/h4-8,11,18H,9-10H2,1-3H3. The predicted molar refractivity (Wildman–Crippen MR) is 82.2 cm³/mol. The smallest absolute Gasteiger partial charge is 0.241 e. The molecule has 0 fully saturated rings. The van der Waals surface area contributed by atoms with E-state index in [1.54, 1.807) is 6.20 Å². The van der Waals surface area contributed by atoms with Crippen LogP contribution in [0.1, 0.15) is 25.2 Å². The second kappa shape index (κ2) is 6.58. The molecule has 0 saturated heterocycles. The second-order valence-corrected chi connectivity index (χ2v) is 7.31. The van der Waals surface area contributed by atoms with Crippen LogP contribution < -0.4 is 4.72 Å². The minimum absolute atomic E-state index is 0.0468. The number of hydrogen-bond acceptors (Lipinski definition) is 3. The Balaban J connectivity index is 2.17. The van der Waals surface area contributed by atoms with Gasteiger partial charge in [-0.2, -0.15) is 0 Å². The lowest BCUT2D eigenvalue weighted by atomic mass is 10.2. The number of benzene rings is 1. The first-order valence-corrected chi connectivity index (χ1v) is 8.54. The fourth-order valence-corrected chi connectivity index (χ4v) is 3.42. The third-order valence-corrected chi connectivity index (χ3v) is 4.84. The van der Waals surface area contributed by atoms with E-state index in [1.807, 2.05) is 10.8 Å². The van der Waals surface area contributed by atoms with Crippen molar-refractivity contribution in [3.63, 3.8) is 0 Å². The SMILES string of the molecule is Cc1c(F)cccc1S(=O)(=O)NCc1nccn1CC(C)C. The second-order valence-electron chi connectivity index (χ2n) is 5.58. The van der Waals surface area contributed by atoms with Crippen molar-refractivity contribution in [2.45, 2.75) is 38.8 Å². The molecule has 22 heavy (non-hydrogen) atoms. The van der Waals surface area contributed by atoms with Gasteiger partial charge in [-0.25, -0.2) is 22.5 Å². The summed E-state index contributed by atoms with van der Waals surface area (Å²) in [5, 5.41) is 0. The van der Waals surface area contributed by atoms with Crippen molar-refractivity contribution in [2.24, 2.45) is 5.92 Å². The van der Waals surface area contributed by atoms with Crippen LogP contribution in [-0.2, 0) is 23.1 Å². The van der Waals surface area contributed by atoms with Gasteiger partial charge in [-0.3, -0.25) is 0 Å². The number of halogens is 1. The zero-order valence-corrected chi connectivity index (χ0v) is 13.7. The molecule has 0 atom stereocenters. The molecule has 7 heteroatoms. The number of nitrogens with one attached hydrogen (secondary N) is 1. The monoisotopic (exact) mass is 325 g/mol. The van der Waals surface area contributed by atoms with E-state index in [2.05, 4.69) is 23.6 Å². The summed E-state index contributed by atoms with van der Waals surface area (Å²) in [5.41, 5.74) is 0.112. The maximum absolute atomic E-state index is 13.5. The first kappa shape index (κ1) is 16.6. The zero-order chi connectivity index (χ0) is 16.3. The van der Waals surface area contributed by atoms with Crippen molar-refractivity contribution in [3.05, 3.63) is 47.8 Å². The van der Waals surface area contributed by atoms with E-state index in [0.717, 1.165) is 6.54 Å². The number of rotatable bonds is 6. The minimum atomic E-state index is -3.78. The summed E-state index contributed by atoms with van der Waals surface area (Å²) >= 11 is 0. The van der Waals surface area contributed by atoms with Crippen molar-refractivity contribution >= 4 is 10.0 Å². The summed E-state index contributed by atoms with van der Waals surface area (Å²) in [7, 11) is -3.78. The van der Waals surface area contributed by atoms with Gasteiger partial charge in [0.2, 0.25) is 10.0 Å². The largest absolute Gasteiger partial charge is 0.334 e. The fraction of sp³-hybridized carbons (Fsp3) is 0.400. The number of nitrogens with zero attached hydrogens (tertiary/aromatic N) is 2. The van der Waals surface area contributed by atoms with Gasteiger partial charge in [0, 0.05) is 24.5 Å². The summed E-state index contributed by atoms with van der Waals surface area (Å²) in [5.74, 6) is 0.519. The van der Waals surface area contributed by atoms with Gasteiger partial charge in [0.25, 0.3) is 0 Å². The van der Waals surface area contributed by atoms with Gasteiger partial charge < -0.3 is 4.57 Å². The molecule has 1 aromatic carbocycles. The van der Waals surface area contributed by atoms with Crippen molar-refractivity contribution in [1.29, 1.82) is 0 Å². The Bertz CT molecular complexity index is 754. The Labute approximate surface area is 130 Å². The number of sulfonamides is 1. The highest BCUT2D eigenvalue weighted by atomic mass is 32.2. The molecule has 2 aromatic rings. The lowest BCUT2D eigenvalue weighted by molar-refractivity contribution is 0.502. The van der Waals surface area contributed by atoms with Crippen LogP contribution in [0.3, 0.4) is 0 Å². The van der Waals surface area contributed by atoms with E-state index in [1.165, 1.54) is 25.1 Å². The van der Waals surface area contributed by atoms with E-state index >= 15 is 0 Å². The molecule has 2 rings (SSSR count). The van der Waals surface area contributed by atoms with Gasteiger partial charge in [0.15, 0.2) is 0 Å². The number of imidazole rings is 1. The summed E-state index contributed by atoms with van der Waals surface area (Å²) < 4.78 is 42.6. The molecular weight excluding hydrogens is 305 g/mol. The first-order chi connectivity index (χ1) is 10.3. The molecule has 0 bridgehead atoms. The van der Waals surface area contributed by atoms with Crippen LogP contribution in [0.5, 0.6) is 0 Å². The van der Waals surface area contributed by atoms with Gasteiger partial charge in [0.1, 0.15) is 11.6 Å². The van der Waals surface area contributed by atoms with Crippen LogP contribution in [0.4, 0.5) is 4.39 Å². The van der Waals surface area contributed by atoms with Gasteiger partial charge in [-0.05, 0) is 25.0 Å². The maximum Gasteiger partial charge on any atom is 0.241 e. The first-order valence-electron chi connectivity index (χ1n) is 7.06. The Kier molecular flexibility index (Phi) is 4.97. The van der Waals surface area contributed by atoms with Crippen LogP contribution in [0.15, 0.2) is 35.5 Å². The molecular formula is C15H20FN3O2S. The lowest BCUT2D eigenvalue weighted by Crippen LogP contribution is -2.26. The Morgan fingerprint density at radius 2 is 2.09 bits per heavy atom. The minimum Gasteiger partial charge on any atom is -0.334 e. The molecule has 0 aliphatic heterocycles. The molecule has 0 amide bonds. The number of hydrogen-bond donors (Lipinski definition) is 1. The Hall–Kier alpha value is -1.73. The van der Waals surface area contributed by atoms with Crippen LogP contribution in [0.2, 0.25) is 0 Å². The van der Waals surface area contributed by atoms with E-state index in [4.69, 9.17) is 0 Å².